The lowest BCUT2D eigenvalue weighted by molar-refractivity contribution is 1.41. The van der Waals surface area contributed by atoms with Gasteiger partial charge in [-0.25, -0.2) is 0 Å². The molecule has 0 aliphatic rings. The summed E-state index contributed by atoms with van der Waals surface area (Å²) < 4.78 is 0. The summed E-state index contributed by atoms with van der Waals surface area (Å²) in [6, 6.07) is 6.36. The number of rotatable bonds is 1. The number of nitrogens with one attached hydrogen (secondary N) is 1. The Labute approximate surface area is 76.1 Å². The smallest absolute Gasteiger partial charge is 0.0555 e. The van der Waals surface area contributed by atoms with E-state index in [0.717, 1.165) is 0 Å². The zero-order valence-electron chi connectivity index (χ0n) is 7.22. The highest BCUT2D eigenvalue weighted by Crippen LogP contribution is 2.29. The molecule has 0 saturated carbocycles. The fourth-order valence-electron chi connectivity index (χ4n) is 1.19. The molecule has 2 aromatic rings. The van der Waals surface area contributed by atoms with E-state index in [1.54, 1.807) is 0 Å². The first-order valence-corrected chi connectivity index (χ1v) is 4.80. The number of hydrogen-bond donors (Lipinski definition) is 1. The fraction of sp³-hybridized carbons (Fsp3) is 0.200. The highest BCUT2D eigenvalue weighted by molar-refractivity contribution is 7.15. The molecule has 0 aromatic carbocycles. The fourth-order valence-corrected chi connectivity index (χ4v) is 2.21. The maximum atomic E-state index is 3.20. The minimum atomic E-state index is 1.22. The van der Waals surface area contributed by atoms with Crippen LogP contribution in [0, 0.1) is 13.8 Å². The zero-order valence-corrected chi connectivity index (χ0v) is 8.03. The van der Waals surface area contributed by atoms with Gasteiger partial charge in [0.1, 0.15) is 0 Å². The summed E-state index contributed by atoms with van der Waals surface area (Å²) in [6.45, 7) is 4.31. The standard InChI is InChI=1S/C10H11NS/c1-7-6-10(12-8(7)2)9-4-3-5-11-9/h3-6,11H,1-2H3. The van der Waals surface area contributed by atoms with E-state index in [9.17, 15) is 0 Å². The molecular weight excluding hydrogens is 166 g/mol. The average molecular weight is 177 g/mol. The van der Waals surface area contributed by atoms with Crippen molar-refractivity contribution >= 4 is 11.3 Å². The van der Waals surface area contributed by atoms with E-state index >= 15 is 0 Å². The van der Waals surface area contributed by atoms with Crippen molar-refractivity contribution in [3.05, 3.63) is 34.8 Å². The molecule has 0 fully saturated rings. The number of thiophene rings is 1. The summed E-state index contributed by atoms with van der Waals surface area (Å²) in [5.74, 6) is 0. The summed E-state index contributed by atoms with van der Waals surface area (Å²) >= 11 is 1.84. The van der Waals surface area contributed by atoms with Gasteiger partial charge in [0.15, 0.2) is 0 Å². The first-order valence-electron chi connectivity index (χ1n) is 3.98. The molecule has 0 saturated heterocycles. The van der Waals surface area contributed by atoms with E-state index < -0.39 is 0 Å². The Balaban J connectivity index is 2.48. The molecule has 62 valence electrons. The minimum absolute atomic E-state index is 1.22. The number of aryl methyl sites for hydroxylation is 2. The Morgan fingerprint density at radius 1 is 1.33 bits per heavy atom. The first kappa shape index (κ1) is 7.62. The van der Waals surface area contributed by atoms with Gasteiger partial charge in [0, 0.05) is 11.1 Å². The van der Waals surface area contributed by atoms with Crippen molar-refractivity contribution in [1.29, 1.82) is 0 Å². The van der Waals surface area contributed by atoms with Crippen LogP contribution in [0.5, 0.6) is 0 Å². The molecule has 2 aromatic heterocycles. The van der Waals surface area contributed by atoms with Crippen molar-refractivity contribution in [2.24, 2.45) is 0 Å². The SMILES string of the molecule is Cc1cc(-c2ccc[nH]2)sc1C. The molecular formula is C10H11NS. The summed E-state index contributed by atoms with van der Waals surface area (Å²) in [5.41, 5.74) is 2.60. The monoisotopic (exact) mass is 177 g/mol. The molecule has 0 unspecified atom stereocenters. The maximum absolute atomic E-state index is 3.20. The Kier molecular flexibility index (Phi) is 1.77. The van der Waals surface area contributed by atoms with Crippen LogP contribution >= 0.6 is 11.3 Å². The maximum Gasteiger partial charge on any atom is 0.0555 e. The van der Waals surface area contributed by atoms with E-state index in [0.29, 0.717) is 0 Å². The van der Waals surface area contributed by atoms with Crippen molar-refractivity contribution in [2.45, 2.75) is 13.8 Å². The lowest BCUT2D eigenvalue weighted by atomic mass is 10.2. The van der Waals surface area contributed by atoms with Gasteiger partial charge in [0.2, 0.25) is 0 Å². The predicted molar refractivity (Wildman–Crippen MR) is 53.6 cm³/mol. The van der Waals surface area contributed by atoms with Gasteiger partial charge in [-0.2, -0.15) is 0 Å². The van der Waals surface area contributed by atoms with Gasteiger partial charge in [-0.05, 0) is 37.6 Å². The van der Waals surface area contributed by atoms with Crippen LogP contribution in [-0.4, -0.2) is 4.98 Å². The Bertz CT molecular complexity index is 351. The number of H-pyrrole nitrogens is 1. The highest BCUT2D eigenvalue weighted by atomic mass is 32.1. The second-order valence-corrected chi connectivity index (χ2v) is 4.19. The van der Waals surface area contributed by atoms with E-state index in [2.05, 4.69) is 31.0 Å². The van der Waals surface area contributed by atoms with Crippen LogP contribution in [-0.2, 0) is 0 Å². The number of aromatic nitrogens is 1. The summed E-state index contributed by atoms with van der Waals surface area (Å²) in [5, 5.41) is 0. The summed E-state index contributed by atoms with van der Waals surface area (Å²) in [6.07, 6.45) is 1.96. The molecule has 0 spiro atoms. The molecule has 0 atom stereocenters. The van der Waals surface area contributed by atoms with Gasteiger partial charge in [0.05, 0.1) is 10.6 Å². The second kappa shape index (κ2) is 2.79. The van der Waals surface area contributed by atoms with Crippen LogP contribution in [0.4, 0.5) is 0 Å². The minimum Gasteiger partial charge on any atom is -0.361 e. The van der Waals surface area contributed by atoms with Crippen molar-refractivity contribution in [3.8, 4) is 10.6 Å². The van der Waals surface area contributed by atoms with Crippen LogP contribution in [0.15, 0.2) is 24.4 Å². The predicted octanol–water partition coefficient (Wildman–Crippen LogP) is 3.36. The van der Waals surface area contributed by atoms with E-state index in [1.807, 2.05) is 23.6 Å². The quantitative estimate of drug-likeness (QED) is 0.687. The molecule has 2 heterocycles. The lowest BCUT2D eigenvalue weighted by Gasteiger charge is -1.87. The Morgan fingerprint density at radius 3 is 2.67 bits per heavy atom. The second-order valence-electron chi connectivity index (χ2n) is 2.93. The van der Waals surface area contributed by atoms with Gasteiger partial charge < -0.3 is 4.98 Å². The molecule has 12 heavy (non-hydrogen) atoms. The normalized spacial score (nSPS) is 10.5. The summed E-state index contributed by atoms with van der Waals surface area (Å²) in [7, 11) is 0. The van der Waals surface area contributed by atoms with Crippen LogP contribution in [0.3, 0.4) is 0 Å². The third kappa shape index (κ3) is 1.18. The third-order valence-corrected chi connectivity index (χ3v) is 3.22. The topological polar surface area (TPSA) is 15.8 Å². The van der Waals surface area contributed by atoms with E-state index in [4.69, 9.17) is 0 Å². The lowest BCUT2D eigenvalue weighted by Crippen LogP contribution is -1.67. The van der Waals surface area contributed by atoms with Gasteiger partial charge >= 0.3 is 0 Å². The van der Waals surface area contributed by atoms with Crippen molar-refractivity contribution in [2.75, 3.05) is 0 Å². The number of hydrogen-bond acceptors (Lipinski definition) is 1. The molecule has 2 rings (SSSR count). The van der Waals surface area contributed by atoms with Gasteiger partial charge in [-0.3, -0.25) is 0 Å². The molecule has 0 bridgehead atoms. The van der Waals surface area contributed by atoms with Gasteiger partial charge in [-0.1, -0.05) is 0 Å². The largest absolute Gasteiger partial charge is 0.361 e. The van der Waals surface area contributed by atoms with Crippen LogP contribution < -0.4 is 0 Å². The van der Waals surface area contributed by atoms with Gasteiger partial charge in [-0.15, -0.1) is 11.3 Å². The first-order chi connectivity index (χ1) is 5.77. The summed E-state index contributed by atoms with van der Waals surface area (Å²) in [4.78, 5) is 5.94. The van der Waals surface area contributed by atoms with Crippen molar-refractivity contribution in [3.63, 3.8) is 0 Å². The van der Waals surface area contributed by atoms with E-state index in [1.165, 1.54) is 21.0 Å². The molecule has 0 radical (unpaired) electrons. The van der Waals surface area contributed by atoms with Gasteiger partial charge in [0.25, 0.3) is 0 Å². The molecule has 1 nitrogen and oxygen atoms in total. The molecule has 2 heteroatoms. The molecule has 1 N–H and O–H groups in total. The van der Waals surface area contributed by atoms with Crippen LogP contribution in [0.25, 0.3) is 10.6 Å². The number of aromatic amines is 1. The zero-order chi connectivity index (χ0) is 8.55. The Morgan fingerprint density at radius 2 is 2.17 bits per heavy atom. The average Bonchev–Trinajstić information content (AvgIpc) is 2.61. The molecule has 0 amide bonds. The van der Waals surface area contributed by atoms with E-state index in [-0.39, 0.29) is 0 Å². The van der Waals surface area contributed by atoms with Crippen molar-refractivity contribution in [1.82, 2.24) is 4.98 Å². The van der Waals surface area contributed by atoms with Crippen LogP contribution in [0.2, 0.25) is 0 Å². The van der Waals surface area contributed by atoms with Crippen LogP contribution in [0.1, 0.15) is 10.4 Å². The molecule has 0 aliphatic carbocycles. The Hall–Kier alpha value is -1.02. The molecule has 0 aliphatic heterocycles. The highest BCUT2D eigenvalue weighted by Gasteiger charge is 2.03. The third-order valence-electron chi connectivity index (χ3n) is 2.03. The van der Waals surface area contributed by atoms with Crippen molar-refractivity contribution < 1.29 is 0 Å².